The van der Waals surface area contributed by atoms with Gasteiger partial charge in [-0.3, -0.25) is 9.78 Å². The molecule has 1 aliphatic heterocycles. The lowest BCUT2D eigenvalue weighted by Gasteiger charge is -2.22. The minimum Gasteiger partial charge on any atom is -0.475 e. The monoisotopic (exact) mass is 541 g/mol. The average Bonchev–Trinajstić information content (AvgIpc) is 2.97. The lowest BCUT2D eigenvalue weighted by Crippen LogP contribution is -2.46. The van der Waals surface area contributed by atoms with Crippen LogP contribution in [-0.4, -0.2) is 53.6 Å². The van der Waals surface area contributed by atoms with E-state index in [0.717, 1.165) is 28.2 Å². The number of aromatic nitrogens is 1. The molecule has 3 amide bonds. The standard InChI is InChI=1S/C18H16F3N3O4S.C2HF3O2/c1-11-10-22-8-7-12(11)9-17(2)15(25)24(16(26)23-17)13-3-5-14(6-4-13)29(27,28)18(19,20)21;3-2(4,5)1(6)7/h3-8,10H,9H2,1-2H3,(H,23,26);(H,6,7)/t17-;/m1./s1. The minimum absolute atomic E-state index is 0.0381. The van der Waals surface area contributed by atoms with Crippen LogP contribution >= 0.6 is 0 Å². The van der Waals surface area contributed by atoms with Gasteiger partial charge >= 0.3 is 23.7 Å². The quantitative estimate of drug-likeness (QED) is 0.448. The van der Waals surface area contributed by atoms with E-state index in [4.69, 9.17) is 9.90 Å². The number of pyridine rings is 1. The number of rotatable bonds is 4. The van der Waals surface area contributed by atoms with Crippen LogP contribution in [0.1, 0.15) is 18.1 Å². The first kappa shape index (κ1) is 28.5. The molecule has 9 nitrogen and oxygen atoms in total. The summed E-state index contributed by atoms with van der Waals surface area (Å²) in [5, 5.41) is 9.72. The van der Waals surface area contributed by atoms with Crippen LogP contribution in [0, 0.1) is 6.92 Å². The summed E-state index contributed by atoms with van der Waals surface area (Å²) in [6.07, 6.45) is -1.72. The zero-order valence-corrected chi connectivity index (χ0v) is 19.1. The van der Waals surface area contributed by atoms with Gasteiger partial charge in [-0.2, -0.15) is 26.3 Å². The number of carbonyl (C=O) groups is 3. The Morgan fingerprint density at radius 2 is 1.61 bits per heavy atom. The number of carboxylic acids is 1. The Hall–Kier alpha value is -3.69. The third-order valence-electron chi connectivity index (χ3n) is 4.89. The SMILES string of the molecule is Cc1cnccc1C[C@@]1(C)NC(=O)N(c2ccc(S(=O)(=O)C(F)(F)F)cc2)C1=O.O=C(O)C(F)(F)F. The molecule has 0 unspecified atom stereocenters. The van der Waals surface area contributed by atoms with E-state index in [0.29, 0.717) is 12.1 Å². The fourth-order valence-electron chi connectivity index (χ4n) is 3.03. The number of urea groups is 1. The van der Waals surface area contributed by atoms with Crippen LogP contribution in [0.4, 0.5) is 36.8 Å². The molecule has 3 rings (SSSR count). The molecule has 2 aromatic rings. The van der Waals surface area contributed by atoms with Crippen LogP contribution in [0.15, 0.2) is 47.6 Å². The summed E-state index contributed by atoms with van der Waals surface area (Å²) in [4.78, 5) is 38.0. The first-order chi connectivity index (χ1) is 16.3. The highest BCUT2D eigenvalue weighted by Gasteiger charge is 2.49. The number of benzene rings is 1. The molecule has 0 radical (unpaired) electrons. The number of alkyl halides is 6. The smallest absolute Gasteiger partial charge is 0.475 e. The van der Waals surface area contributed by atoms with Crippen LogP contribution in [0.2, 0.25) is 0 Å². The van der Waals surface area contributed by atoms with Crippen molar-refractivity contribution in [2.75, 3.05) is 4.90 Å². The molecule has 1 aromatic heterocycles. The molecule has 196 valence electrons. The summed E-state index contributed by atoms with van der Waals surface area (Å²) < 4.78 is 92.7. The normalized spacial score (nSPS) is 18.4. The van der Waals surface area contributed by atoms with E-state index in [1.165, 1.54) is 6.92 Å². The number of nitrogens with one attached hydrogen (secondary N) is 1. The molecular weight excluding hydrogens is 524 g/mol. The van der Waals surface area contributed by atoms with Gasteiger partial charge in [-0.05, 0) is 55.3 Å². The summed E-state index contributed by atoms with van der Waals surface area (Å²) >= 11 is 0. The molecule has 16 heteroatoms. The Kier molecular flexibility index (Phi) is 7.73. The van der Waals surface area contributed by atoms with Crippen molar-refractivity contribution >= 4 is 33.4 Å². The second-order valence-electron chi connectivity index (χ2n) is 7.63. The molecule has 0 saturated carbocycles. The van der Waals surface area contributed by atoms with E-state index >= 15 is 0 Å². The zero-order chi connectivity index (χ0) is 27.7. The Bertz CT molecular complexity index is 1280. The van der Waals surface area contributed by atoms with E-state index in [9.17, 15) is 44.3 Å². The van der Waals surface area contributed by atoms with Crippen molar-refractivity contribution in [1.82, 2.24) is 10.3 Å². The Morgan fingerprint density at radius 1 is 1.08 bits per heavy atom. The maximum atomic E-state index is 12.9. The van der Waals surface area contributed by atoms with Gasteiger partial charge in [0.2, 0.25) is 0 Å². The number of hydrogen-bond acceptors (Lipinski definition) is 6. The number of imide groups is 1. The summed E-state index contributed by atoms with van der Waals surface area (Å²) in [6.45, 7) is 3.35. The van der Waals surface area contributed by atoms with Crippen LogP contribution in [0.3, 0.4) is 0 Å². The third-order valence-corrected chi connectivity index (χ3v) is 6.40. The van der Waals surface area contributed by atoms with E-state index in [-0.39, 0.29) is 12.1 Å². The fraction of sp³-hybridized carbons (Fsp3) is 0.300. The second kappa shape index (κ2) is 9.75. The average molecular weight is 541 g/mol. The van der Waals surface area contributed by atoms with Crippen molar-refractivity contribution in [2.45, 2.75) is 42.4 Å². The first-order valence-electron chi connectivity index (χ1n) is 9.59. The van der Waals surface area contributed by atoms with E-state index in [1.54, 1.807) is 18.5 Å². The highest BCUT2D eigenvalue weighted by molar-refractivity contribution is 7.92. The first-order valence-corrected chi connectivity index (χ1v) is 11.1. The zero-order valence-electron chi connectivity index (χ0n) is 18.3. The summed E-state index contributed by atoms with van der Waals surface area (Å²) in [5.41, 5.74) is -5.14. The van der Waals surface area contributed by atoms with Crippen molar-refractivity contribution in [3.8, 4) is 0 Å². The number of halogens is 6. The largest absolute Gasteiger partial charge is 0.501 e. The number of sulfone groups is 1. The molecule has 1 aromatic carbocycles. The molecule has 1 saturated heterocycles. The molecule has 1 aliphatic rings. The highest BCUT2D eigenvalue weighted by atomic mass is 32.2. The molecule has 1 atom stereocenters. The number of aryl methyl sites for hydroxylation is 1. The second-order valence-corrected chi connectivity index (χ2v) is 9.57. The number of carboxylic acid groups (broad SMARTS) is 1. The topological polar surface area (TPSA) is 134 Å². The van der Waals surface area contributed by atoms with Gasteiger partial charge in [-0.15, -0.1) is 0 Å². The van der Waals surface area contributed by atoms with Gasteiger partial charge in [-0.1, -0.05) is 0 Å². The van der Waals surface area contributed by atoms with Gasteiger partial charge in [0.1, 0.15) is 5.54 Å². The van der Waals surface area contributed by atoms with Crippen LogP contribution in [0.5, 0.6) is 0 Å². The van der Waals surface area contributed by atoms with Gasteiger partial charge < -0.3 is 10.4 Å². The van der Waals surface area contributed by atoms with E-state index < -0.39 is 49.9 Å². The van der Waals surface area contributed by atoms with Crippen molar-refractivity contribution in [2.24, 2.45) is 0 Å². The molecule has 2 heterocycles. The minimum atomic E-state index is -5.52. The summed E-state index contributed by atoms with van der Waals surface area (Å²) in [5.74, 6) is -3.36. The number of hydrogen-bond donors (Lipinski definition) is 2. The lowest BCUT2D eigenvalue weighted by molar-refractivity contribution is -0.192. The Labute approximate surface area is 199 Å². The Morgan fingerprint density at radius 3 is 2.06 bits per heavy atom. The molecule has 0 spiro atoms. The summed E-state index contributed by atoms with van der Waals surface area (Å²) in [7, 11) is -5.52. The number of carbonyl (C=O) groups excluding carboxylic acids is 2. The van der Waals surface area contributed by atoms with Crippen LogP contribution in [-0.2, 0) is 25.8 Å². The van der Waals surface area contributed by atoms with Crippen molar-refractivity contribution in [3.63, 3.8) is 0 Å². The molecule has 1 fully saturated rings. The Balaban J connectivity index is 0.000000572. The molecule has 0 aliphatic carbocycles. The molecule has 0 bridgehead atoms. The van der Waals surface area contributed by atoms with Crippen molar-refractivity contribution in [3.05, 3.63) is 53.9 Å². The number of aliphatic carboxylic acids is 1. The van der Waals surface area contributed by atoms with Crippen LogP contribution in [0.25, 0.3) is 0 Å². The van der Waals surface area contributed by atoms with Gasteiger partial charge in [0.15, 0.2) is 0 Å². The van der Waals surface area contributed by atoms with Gasteiger partial charge in [0, 0.05) is 18.8 Å². The van der Waals surface area contributed by atoms with Crippen molar-refractivity contribution < 1.29 is 54.3 Å². The van der Waals surface area contributed by atoms with E-state index in [2.05, 4.69) is 10.3 Å². The van der Waals surface area contributed by atoms with Crippen LogP contribution < -0.4 is 10.2 Å². The lowest BCUT2D eigenvalue weighted by atomic mass is 9.91. The van der Waals surface area contributed by atoms with Gasteiger partial charge in [0.05, 0.1) is 10.6 Å². The summed E-state index contributed by atoms with van der Waals surface area (Å²) in [6, 6.07) is 4.36. The van der Waals surface area contributed by atoms with Gasteiger partial charge in [-0.25, -0.2) is 22.9 Å². The molecule has 2 N–H and O–H groups in total. The molecule has 36 heavy (non-hydrogen) atoms. The predicted octanol–water partition coefficient (Wildman–Crippen LogP) is 3.37. The fourth-order valence-corrected chi connectivity index (χ4v) is 3.79. The van der Waals surface area contributed by atoms with E-state index in [1.807, 2.05) is 6.92 Å². The number of nitrogens with zero attached hydrogens (tertiary/aromatic N) is 2. The van der Waals surface area contributed by atoms with Crippen molar-refractivity contribution in [1.29, 1.82) is 0 Å². The maximum Gasteiger partial charge on any atom is 0.501 e. The highest BCUT2D eigenvalue weighted by Crippen LogP contribution is 2.33. The number of amides is 3. The number of anilines is 1. The maximum absolute atomic E-state index is 12.9. The molecular formula is C20H17F6N3O6S. The van der Waals surface area contributed by atoms with Gasteiger partial charge in [0.25, 0.3) is 15.7 Å². The predicted molar refractivity (Wildman–Crippen MR) is 110 cm³/mol. The third kappa shape index (κ3) is 5.92.